The van der Waals surface area contributed by atoms with Crippen LogP contribution in [-0.2, 0) is 14.4 Å². The zero-order chi connectivity index (χ0) is 38.3. The molecule has 0 radical (unpaired) electrons. The maximum atomic E-state index is 10.4. The molecule has 0 aliphatic rings. The van der Waals surface area contributed by atoms with E-state index in [-0.39, 0.29) is 25.7 Å². The molecule has 0 amide bonds. The van der Waals surface area contributed by atoms with Crippen LogP contribution >= 0.6 is 27.5 Å². The summed E-state index contributed by atoms with van der Waals surface area (Å²) in [5, 5.41) is 26.2. The Morgan fingerprint density at radius 3 is 1.29 bits per heavy atom. The fraction of sp³-hybridized carbons (Fsp3) is 0.447. The van der Waals surface area contributed by atoms with Crippen LogP contribution in [0.4, 0.5) is 0 Å². The first-order chi connectivity index (χ1) is 23.0. The molecule has 274 valence electrons. The van der Waals surface area contributed by atoms with Crippen molar-refractivity contribution in [3.05, 3.63) is 86.3 Å². The monoisotopic (exact) mass is 768 g/mol. The number of aliphatic carboxylic acids is 3. The van der Waals surface area contributed by atoms with Gasteiger partial charge in [0.15, 0.2) is 19.8 Å². The average Bonchev–Trinajstić information content (AvgIpc) is 3.05. The largest absolute Gasteiger partial charge is 0.482 e. The number of hydrogen-bond acceptors (Lipinski definition) is 6. The molecule has 3 aromatic rings. The Morgan fingerprint density at radius 1 is 0.592 bits per heavy atom. The molecule has 0 spiro atoms. The SMILES string of the molecule is CC.CC.CC(C)c1cc(Br)ccc1OCC(=O)O.CC(C)c1cc(Cl)ccc1OCC(=O)O.Cc1ccc(OCC(=O)O)c(C(C)C)c1. The third kappa shape index (κ3) is 20.4. The third-order valence-electron chi connectivity index (χ3n) is 6.03. The van der Waals surface area contributed by atoms with Crippen LogP contribution in [-0.4, -0.2) is 53.0 Å². The maximum absolute atomic E-state index is 10.4. The summed E-state index contributed by atoms with van der Waals surface area (Å²) in [7, 11) is 0. The number of hydrogen-bond donors (Lipinski definition) is 3. The first-order valence-electron chi connectivity index (χ1n) is 16.2. The predicted octanol–water partition coefficient (Wildman–Crippen LogP) is 10.6. The highest BCUT2D eigenvalue weighted by molar-refractivity contribution is 9.10. The van der Waals surface area contributed by atoms with Crippen molar-refractivity contribution < 1.29 is 43.9 Å². The van der Waals surface area contributed by atoms with Crippen LogP contribution in [0.25, 0.3) is 0 Å². The second-order valence-electron chi connectivity index (χ2n) is 10.9. The summed E-state index contributed by atoms with van der Waals surface area (Å²) in [6.07, 6.45) is 0. The molecule has 0 saturated heterocycles. The van der Waals surface area contributed by atoms with Gasteiger partial charge in [-0.1, -0.05) is 114 Å². The van der Waals surface area contributed by atoms with E-state index in [9.17, 15) is 14.4 Å². The van der Waals surface area contributed by atoms with Gasteiger partial charge in [0, 0.05) is 9.50 Å². The number of ether oxygens (including phenoxy) is 3. The van der Waals surface area contributed by atoms with E-state index in [1.807, 2.05) is 92.6 Å². The van der Waals surface area contributed by atoms with E-state index in [1.165, 1.54) is 0 Å². The van der Waals surface area contributed by atoms with E-state index in [0.717, 1.165) is 26.7 Å². The van der Waals surface area contributed by atoms with Crippen LogP contribution in [0.5, 0.6) is 17.2 Å². The second-order valence-corrected chi connectivity index (χ2v) is 12.3. The number of benzene rings is 3. The standard InChI is InChI=1S/C12H16O3.C11H13BrO3.C11H13ClO3.2C2H6/c1-8(2)10-6-9(3)4-5-11(10)15-7-12(13)14;2*1-7(2)9-5-8(12)3-4-10(9)15-6-11(13)14;2*1-2/h4-6,8H,7H2,1-3H3,(H,13,14);2*3-5,7H,6H2,1-2H3,(H,13,14);2*1-2H3. The first kappa shape index (κ1) is 47.4. The van der Waals surface area contributed by atoms with Crippen LogP contribution in [0.2, 0.25) is 5.02 Å². The summed E-state index contributed by atoms with van der Waals surface area (Å²) in [6, 6.07) is 16.5. The molecule has 0 unspecified atom stereocenters. The molecule has 49 heavy (non-hydrogen) atoms. The number of carboxylic acids is 3. The van der Waals surface area contributed by atoms with Gasteiger partial charge in [0.05, 0.1) is 0 Å². The lowest BCUT2D eigenvalue weighted by Crippen LogP contribution is -2.10. The van der Waals surface area contributed by atoms with Crippen molar-refractivity contribution in [3.63, 3.8) is 0 Å². The molecule has 0 aliphatic carbocycles. The Kier molecular flexibility index (Phi) is 25.3. The summed E-state index contributed by atoms with van der Waals surface area (Å²) in [5.74, 6) is -0.157. The Balaban J connectivity index is 0. The fourth-order valence-electron chi connectivity index (χ4n) is 3.87. The van der Waals surface area contributed by atoms with Crippen molar-refractivity contribution in [1.82, 2.24) is 0 Å². The molecule has 3 rings (SSSR count). The summed E-state index contributed by atoms with van der Waals surface area (Å²) < 4.78 is 16.5. The molecular formula is C38H54BrClO9. The highest BCUT2D eigenvalue weighted by Crippen LogP contribution is 2.31. The lowest BCUT2D eigenvalue weighted by Gasteiger charge is -2.13. The molecule has 3 N–H and O–H groups in total. The van der Waals surface area contributed by atoms with Gasteiger partial charge < -0.3 is 29.5 Å². The van der Waals surface area contributed by atoms with Crippen molar-refractivity contribution in [3.8, 4) is 17.2 Å². The van der Waals surface area contributed by atoms with Crippen molar-refractivity contribution in [2.24, 2.45) is 0 Å². The molecule has 0 bridgehead atoms. The van der Waals surface area contributed by atoms with Crippen LogP contribution in [0.1, 0.15) is 109 Å². The molecule has 0 fully saturated rings. The van der Waals surface area contributed by atoms with Crippen LogP contribution in [0, 0.1) is 6.92 Å². The van der Waals surface area contributed by atoms with Gasteiger partial charge in [0.25, 0.3) is 0 Å². The number of aryl methyl sites for hydroxylation is 1. The third-order valence-corrected chi connectivity index (χ3v) is 6.76. The Morgan fingerprint density at radius 2 is 0.918 bits per heavy atom. The quantitative estimate of drug-likeness (QED) is 0.164. The van der Waals surface area contributed by atoms with E-state index < -0.39 is 17.9 Å². The minimum Gasteiger partial charge on any atom is -0.482 e. The summed E-state index contributed by atoms with van der Waals surface area (Å²) >= 11 is 9.22. The van der Waals surface area contributed by atoms with Gasteiger partial charge in [-0.05, 0) is 83.8 Å². The van der Waals surface area contributed by atoms with Crippen molar-refractivity contribution in [2.45, 2.75) is 93.9 Å². The topological polar surface area (TPSA) is 140 Å². The van der Waals surface area contributed by atoms with E-state index in [2.05, 4.69) is 29.8 Å². The van der Waals surface area contributed by atoms with Gasteiger partial charge in [-0.2, -0.15) is 0 Å². The minimum absolute atomic E-state index is 0.243. The number of rotatable bonds is 12. The fourth-order valence-corrected chi connectivity index (χ4v) is 4.43. The molecule has 0 atom stereocenters. The summed E-state index contributed by atoms with van der Waals surface area (Å²) in [6.45, 7) is 21.3. The van der Waals surface area contributed by atoms with Crippen molar-refractivity contribution in [1.29, 1.82) is 0 Å². The second kappa shape index (κ2) is 26.2. The highest BCUT2D eigenvalue weighted by Gasteiger charge is 2.12. The van der Waals surface area contributed by atoms with Gasteiger partial charge >= 0.3 is 17.9 Å². The maximum Gasteiger partial charge on any atom is 0.341 e. The van der Waals surface area contributed by atoms with Gasteiger partial charge in [-0.3, -0.25) is 0 Å². The van der Waals surface area contributed by atoms with Gasteiger partial charge in [-0.25, -0.2) is 14.4 Å². The molecular weight excluding hydrogens is 716 g/mol. The number of carbonyl (C=O) groups is 3. The first-order valence-corrected chi connectivity index (χ1v) is 17.4. The Labute approximate surface area is 305 Å². The molecule has 9 nitrogen and oxygen atoms in total. The molecule has 11 heteroatoms. The van der Waals surface area contributed by atoms with Crippen LogP contribution < -0.4 is 14.2 Å². The van der Waals surface area contributed by atoms with E-state index in [0.29, 0.717) is 34.1 Å². The predicted molar refractivity (Wildman–Crippen MR) is 201 cm³/mol. The highest BCUT2D eigenvalue weighted by atomic mass is 79.9. The number of halogens is 2. The zero-order valence-electron chi connectivity index (χ0n) is 30.6. The van der Waals surface area contributed by atoms with Crippen molar-refractivity contribution in [2.75, 3.05) is 19.8 Å². The zero-order valence-corrected chi connectivity index (χ0v) is 32.9. The van der Waals surface area contributed by atoms with E-state index in [1.54, 1.807) is 24.3 Å². The van der Waals surface area contributed by atoms with Crippen LogP contribution in [0.3, 0.4) is 0 Å². The Hall–Kier alpha value is -3.76. The summed E-state index contributed by atoms with van der Waals surface area (Å²) in [4.78, 5) is 31.2. The molecule has 0 heterocycles. The normalized spacial score (nSPS) is 9.80. The van der Waals surface area contributed by atoms with Gasteiger partial charge in [-0.15, -0.1) is 0 Å². The lowest BCUT2D eigenvalue weighted by atomic mass is 10.00. The summed E-state index contributed by atoms with van der Waals surface area (Å²) in [5.41, 5.74) is 4.13. The average molecular weight is 770 g/mol. The minimum atomic E-state index is -0.986. The van der Waals surface area contributed by atoms with Crippen LogP contribution in [0.15, 0.2) is 59.1 Å². The molecule has 0 aliphatic heterocycles. The Bertz CT molecular complexity index is 1250. The van der Waals surface area contributed by atoms with E-state index >= 15 is 0 Å². The lowest BCUT2D eigenvalue weighted by molar-refractivity contribution is -0.140. The van der Waals surface area contributed by atoms with Crippen molar-refractivity contribution >= 4 is 45.4 Å². The number of carboxylic acid groups (broad SMARTS) is 3. The van der Waals surface area contributed by atoms with Gasteiger partial charge in [0.2, 0.25) is 0 Å². The van der Waals surface area contributed by atoms with Gasteiger partial charge in [0.1, 0.15) is 17.2 Å². The molecule has 3 aromatic carbocycles. The smallest absolute Gasteiger partial charge is 0.341 e. The molecule has 0 saturated carbocycles. The van der Waals surface area contributed by atoms with E-state index in [4.69, 9.17) is 41.1 Å². The molecule has 0 aromatic heterocycles.